The van der Waals surface area contributed by atoms with Gasteiger partial charge in [-0.3, -0.25) is 9.59 Å². The molecule has 0 saturated heterocycles. The van der Waals surface area contributed by atoms with Crippen molar-refractivity contribution in [1.82, 2.24) is 0 Å². The van der Waals surface area contributed by atoms with Crippen molar-refractivity contribution in [3.8, 4) is 0 Å². The van der Waals surface area contributed by atoms with Gasteiger partial charge in [-0.15, -0.1) is 0 Å². The second-order valence-electron chi connectivity index (χ2n) is 5.87. The maximum Gasteiger partial charge on any atom is 0.306 e. The van der Waals surface area contributed by atoms with E-state index in [4.69, 9.17) is 33.1 Å². The van der Waals surface area contributed by atoms with Crippen LogP contribution < -0.4 is 10.5 Å². The topological polar surface area (TPSA) is 116 Å². The van der Waals surface area contributed by atoms with E-state index in [0.717, 1.165) is 37.8 Å². The van der Waals surface area contributed by atoms with Gasteiger partial charge in [-0.1, -0.05) is 36.0 Å². The summed E-state index contributed by atoms with van der Waals surface area (Å²) in [6.07, 6.45) is 4.54. The van der Waals surface area contributed by atoms with Gasteiger partial charge >= 0.3 is 5.97 Å². The predicted molar refractivity (Wildman–Crippen MR) is 94.0 cm³/mol. The molecular weight excluding hydrogens is 391 g/mol. The number of ether oxygens (including phenoxy) is 1. The van der Waals surface area contributed by atoms with E-state index in [0.29, 0.717) is 12.3 Å². The number of hydrogen-bond acceptors (Lipinski definition) is 5. The normalized spacial score (nSPS) is 15.2. The van der Waals surface area contributed by atoms with Crippen molar-refractivity contribution < 1.29 is 22.7 Å². The molecule has 1 aliphatic rings. The summed E-state index contributed by atoms with van der Waals surface area (Å²) in [7, 11) is -3.98. The zero-order valence-corrected chi connectivity index (χ0v) is 15.6. The molecule has 0 radical (unpaired) electrons. The first-order valence-electron chi connectivity index (χ1n) is 7.64. The van der Waals surface area contributed by atoms with Gasteiger partial charge in [0.25, 0.3) is 5.91 Å². The van der Waals surface area contributed by atoms with Gasteiger partial charge in [0.05, 0.1) is 20.6 Å². The molecule has 0 unspecified atom stereocenters. The number of benzene rings is 1. The molecule has 1 fully saturated rings. The van der Waals surface area contributed by atoms with Crippen molar-refractivity contribution in [2.75, 3.05) is 11.9 Å². The molecular formula is C15H18Cl2N2O5S. The lowest BCUT2D eigenvalue weighted by Crippen LogP contribution is -2.22. The summed E-state index contributed by atoms with van der Waals surface area (Å²) in [5, 5.41) is 7.20. The van der Waals surface area contributed by atoms with Crippen LogP contribution in [0.1, 0.15) is 32.1 Å². The molecule has 7 nitrogen and oxygen atoms in total. The molecule has 0 heterocycles. The van der Waals surface area contributed by atoms with E-state index < -0.39 is 28.5 Å². The highest BCUT2D eigenvalue weighted by Gasteiger charge is 2.20. The van der Waals surface area contributed by atoms with Crippen LogP contribution in [0.25, 0.3) is 0 Å². The third-order valence-electron chi connectivity index (χ3n) is 3.90. The van der Waals surface area contributed by atoms with E-state index >= 15 is 0 Å². The molecule has 1 aromatic rings. The minimum atomic E-state index is -3.98. The number of nitrogens with two attached hydrogens (primary N) is 1. The summed E-state index contributed by atoms with van der Waals surface area (Å²) in [6, 6.07) is 2.15. The van der Waals surface area contributed by atoms with E-state index in [9.17, 15) is 18.0 Å². The van der Waals surface area contributed by atoms with Crippen LogP contribution in [0.4, 0.5) is 5.69 Å². The van der Waals surface area contributed by atoms with Crippen LogP contribution in [0.5, 0.6) is 0 Å². The lowest BCUT2D eigenvalue weighted by Gasteiger charge is -2.12. The van der Waals surface area contributed by atoms with Gasteiger partial charge in [0.15, 0.2) is 6.61 Å². The number of anilines is 1. The molecule has 0 spiro atoms. The Kier molecular flexibility index (Phi) is 6.67. The molecule has 0 atom stereocenters. The maximum atomic E-state index is 11.9. The van der Waals surface area contributed by atoms with E-state index in [-0.39, 0.29) is 20.6 Å². The summed E-state index contributed by atoms with van der Waals surface area (Å²) >= 11 is 11.9. The number of halogens is 2. The first-order chi connectivity index (χ1) is 11.7. The Bertz CT molecular complexity index is 753. The van der Waals surface area contributed by atoms with Gasteiger partial charge in [0.2, 0.25) is 10.0 Å². The number of carbonyl (C=O) groups is 2. The fourth-order valence-electron chi connectivity index (χ4n) is 2.66. The molecule has 1 aromatic carbocycles. The molecule has 1 aliphatic carbocycles. The summed E-state index contributed by atoms with van der Waals surface area (Å²) in [4.78, 5) is 23.3. The number of amides is 1. The largest absolute Gasteiger partial charge is 0.456 e. The van der Waals surface area contributed by atoms with Crippen LogP contribution in [0.15, 0.2) is 17.0 Å². The molecule has 1 amide bonds. The van der Waals surface area contributed by atoms with Crippen molar-refractivity contribution >= 4 is 50.8 Å². The number of primary sulfonamides is 1. The Morgan fingerprint density at radius 2 is 1.76 bits per heavy atom. The van der Waals surface area contributed by atoms with Crippen LogP contribution in [-0.2, 0) is 24.3 Å². The highest BCUT2D eigenvalue weighted by molar-refractivity contribution is 7.89. The Hall–Kier alpha value is -1.35. The number of nitrogens with one attached hydrogen (secondary N) is 1. The van der Waals surface area contributed by atoms with Crippen LogP contribution in [-0.4, -0.2) is 26.9 Å². The fraction of sp³-hybridized carbons (Fsp3) is 0.467. The van der Waals surface area contributed by atoms with Crippen LogP contribution >= 0.6 is 23.2 Å². The van der Waals surface area contributed by atoms with E-state index in [1.54, 1.807) is 0 Å². The SMILES string of the molecule is NS(=O)(=O)c1cc(Cl)c(NC(=O)COC(=O)CC2CCCC2)c(Cl)c1. The highest BCUT2D eigenvalue weighted by atomic mass is 35.5. The predicted octanol–water partition coefficient (Wildman–Crippen LogP) is 2.70. The first kappa shape index (κ1) is 20.0. The molecule has 0 bridgehead atoms. The molecule has 0 aromatic heterocycles. The Labute approximate surface area is 155 Å². The molecule has 2 rings (SSSR count). The summed E-state index contributed by atoms with van der Waals surface area (Å²) in [5.74, 6) is -0.735. The summed E-state index contributed by atoms with van der Waals surface area (Å²) in [5.41, 5.74) is 0.0209. The number of sulfonamides is 1. The lowest BCUT2D eigenvalue weighted by atomic mass is 10.1. The number of esters is 1. The zero-order valence-electron chi connectivity index (χ0n) is 13.3. The van der Waals surface area contributed by atoms with Crippen molar-refractivity contribution in [1.29, 1.82) is 0 Å². The van der Waals surface area contributed by atoms with Gasteiger partial charge in [0.1, 0.15) is 0 Å². The molecule has 3 N–H and O–H groups in total. The smallest absolute Gasteiger partial charge is 0.306 e. The molecule has 25 heavy (non-hydrogen) atoms. The fourth-order valence-corrected chi connectivity index (χ4v) is 3.94. The van der Waals surface area contributed by atoms with Gasteiger partial charge in [-0.05, 0) is 30.9 Å². The molecule has 0 aliphatic heterocycles. The highest BCUT2D eigenvalue weighted by Crippen LogP contribution is 2.33. The first-order valence-corrected chi connectivity index (χ1v) is 9.94. The van der Waals surface area contributed by atoms with E-state index in [2.05, 4.69) is 5.32 Å². The van der Waals surface area contributed by atoms with Crippen molar-refractivity contribution in [2.45, 2.75) is 37.0 Å². The third kappa shape index (κ3) is 5.85. The third-order valence-corrected chi connectivity index (χ3v) is 5.39. The molecule has 10 heteroatoms. The van der Waals surface area contributed by atoms with Gasteiger partial charge in [0, 0.05) is 6.42 Å². The molecule has 138 valence electrons. The average Bonchev–Trinajstić information content (AvgIpc) is 3.00. The van der Waals surface area contributed by atoms with E-state index in [1.165, 1.54) is 0 Å². The summed E-state index contributed by atoms with van der Waals surface area (Å²) in [6.45, 7) is -0.477. The minimum absolute atomic E-state index is 0.0209. The van der Waals surface area contributed by atoms with Crippen molar-refractivity contribution in [2.24, 2.45) is 11.1 Å². The standard InChI is InChI=1S/C15H18Cl2N2O5S/c16-11-6-10(25(18,22)23)7-12(17)15(11)19-13(20)8-24-14(21)5-9-3-1-2-4-9/h6-7,9H,1-5,8H2,(H,19,20)(H2,18,22,23). The second kappa shape index (κ2) is 8.35. The number of hydrogen-bond donors (Lipinski definition) is 2. The van der Waals surface area contributed by atoms with Crippen LogP contribution in [0.3, 0.4) is 0 Å². The van der Waals surface area contributed by atoms with Gasteiger partial charge in [-0.2, -0.15) is 0 Å². The quantitative estimate of drug-likeness (QED) is 0.701. The maximum absolute atomic E-state index is 11.9. The van der Waals surface area contributed by atoms with Crippen LogP contribution in [0, 0.1) is 5.92 Å². The Morgan fingerprint density at radius 1 is 1.20 bits per heavy atom. The van der Waals surface area contributed by atoms with Crippen molar-refractivity contribution in [3.05, 3.63) is 22.2 Å². The Morgan fingerprint density at radius 3 is 2.28 bits per heavy atom. The average molecular weight is 409 g/mol. The number of carbonyl (C=O) groups excluding carboxylic acids is 2. The van der Waals surface area contributed by atoms with E-state index in [1.807, 2.05) is 0 Å². The zero-order chi connectivity index (χ0) is 18.6. The van der Waals surface area contributed by atoms with Crippen LogP contribution in [0.2, 0.25) is 10.0 Å². The van der Waals surface area contributed by atoms with Gasteiger partial charge < -0.3 is 10.1 Å². The number of rotatable bonds is 6. The lowest BCUT2D eigenvalue weighted by molar-refractivity contribution is -0.148. The van der Waals surface area contributed by atoms with Crippen molar-refractivity contribution in [3.63, 3.8) is 0 Å². The minimum Gasteiger partial charge on any atom is -0.456 e. The molecule has 1 saturated carbocycles. The summed E-state index contributed by atoms with van der Waals surface area (Å²) < 4.78 is 27.6. The Balaban J connectivity index is 1.92. The second-order valence-corrected chi connectivity index (χ2v) is 8.25. The van der Waals surface area contributed by atoms with Gasteiger partial charge in [-0.25, -0.2) is 13.6 Å². The monoisotopic (exact) mass is 408 g/mol.